The lowest BCUT2D eigenvalue weighted by Gasteiger charge is -2.15. The molecule has 0 aliphatic carbocycles. The largest absolute Gasteiger partial charge is 0.305 e. The summed E-state index contributed by atoms with van der Waals surface area (Å²) in [6.07, 6.45) is 1.81. The van der Waals surface area contributed by atoms with Crippen molar-refractivity contribution in [3.63, 3.8) is 0 Å². The predicted octanol–water partition coefficient (Wildman–Crippen LogP) is 4.86. The smallest absolute Gasteiger partial charge is 0.0358 e. The van der Waals surface area contributed by atoms with E-state index < -0.39 is 0 Å². The van der Waals surface area contributed by atoms with Gasteiger partial charge in [-0.05, 0) is 73.9 Å². The van der Waals surface area contributed by atoms with Gasteiger partial charge in [0, 0.05) is 11.4 Å². The lowest BCUT2D eigenvalue weighted by Crippen LogP contribution is -2.09. The number of hydrogen-bond acceptors (Lipinski definition) is 2. The molecule has 0 heterocycles. The van der Waals surface area contributed by atoms with Crippen LogP contribution in [-0.4, -0.2) is 11.4 Å². The van der Waals surface area contributed by atoms with Gasteiger partial charge >= 0.3 is 0 Å². The molecule has 0 bridgehead atoms. The Labute approximate surface area is 133 Å². The maximum absolute atomic E-state index is 8.01. The molecule has 2 aromatic carbocycles. The number of nitrogens with one attached hydrogen (secondary N) is 2. The topological polar surface area (TPSA) is 47.7 Å². The van der Waals surface area contributed by atoms with Crippen LogP contribution in [-0.2, 0) is 12.8 Å². The molecule has 0 spiro atoms. The fraction of sp³-hybridized carbons (Fsp3) is 0.300. The Kier molecular flexibility index (Phi) is 4.92. The van der Waals surface area contributed by atoms with E-state index in [-0.39, 0.29) is 0 Å². The van der Waals surface area contributed by atoms with Crippen molar-refractivity contribution >= 4 is 11.4 Å². The van der Waals surface area contributed by atoms with E-state index in [2.05, 4.69) is 32.0 Å². The lowest BCUT2D eigenvalue weighted by molar-refractivity contribution is 0.932. The summed E-state index contributed by atoms with van der Waals surface area (Å²) in [5.41, 5.74) is 8.22. The summed E-state index contributed by atoms with van der Waals surface area (Å²) in [5.74, 6) is 0. The first kappa shape index (κ1) is 16.2. The molecule has 0 radical (unpaired) electrons. The summed E-state index contributed by atoms with van der Waals surface area (Å²) in [4.78, 5) is 0. The van der Waals surface area contributed by atoms with Gasteiger partial charge in [-0.15, -0.1) is 0 Å². The van der Waals surface area contributed by atoms with Crippen LogP contribution in [0.3, 0.4) is 0 Å². The van der Waals surface area contributed by atoms with Crippen molar-refractivity contribution in [2.75, 3.05) is 0 Å². The second kappa shape index (κ2) is 6.69. The fourth-order valence-electron chi connectivity index (χ4n) is 3.05. The van der Waals surface area contributed by atoms with E-state index in [0.29, 0.717) is 11.4 Å². The number of aryl methyl sites for hydroxylation is 2. The van der Waals surface area contributed by atoms with Gasteiger partial charge in [-0.1, -0.05) is 36.4 Å². The molecular weight excluding hydrogens is 268 g/mol. The molecule has 0 atom stereocenters. The highest BCUT2D eigenvalue weighted by Crippen LogP contribution is 2.21. The second-order valence-corrected chi connectivity index (χ2v) is 5.95. The Hall–Kier alpha value is -2.22. The van der Waals surface area contributed by atoms with Crippen molar-refractivity contribution in [3.05, 3.63) is 69.8 Å². The van der Waals surface area contributed by atoms with Crippen LogP contribution >= 0.6 is 0 Å². The molecule has 0 saturated carbocycles. The van der Waals surface area contributed by atoms with Crippen molar-refractivity contribution < 1.29 is 0 Å². The third-order valence-corrected chi connectivity index (χ3v) is 4.25. The van der Waals surface area contributed by atoms with Gasteiger partial charge in [0.05, 0.1) is 0 Å². The van der Waals surface area contributed by atoms with Crippen LogP contribution in [0.5, 0.6) is 0 Å². The number of benzene rings is 2. The third kappa shape index (κ3) is 3.33. The third-order valence-electron chi connectivity index (χ3n) is 4.25. The van der Waals surface area contributed by atoms with Crippen LogP contribution in [0, 0.1) is 24.7 Å². The molecule has 0 unspecified atom stereocenters. The summed E-state index contributed by atoms with van der Waals surface area (Å²) in [7, 11) is 0. The summed E-state index contributed by atoms with van der Waals surface area (Å²) >= 11 is 0. The highest BCUT2D eigenvalue weighted by atomic mass is 14.4. The highest BCUT2D eigenvalue weighted by molar-refractivity contribution is 6.03. The first-order valence-electron chi connectivity index (χ1n) is 7.70. The zero-order valence-electron chi connectivity index (χ0n) is 13.9. The molecule has 0 aliphatic heterocycles. The number of hydrogen-bond donors (Lipinski definition) is 2. The van der Waals surface area contributed by atoms with Gasteiger partial charge in [-0.3, -0.25) is 0 Å². The first-order chi connectivity index (χ1) is 10.4. The predicted molar refractivity (Wildman–Crippen MR) is 94.8 cm³/mol. The average Bonchev–Trinajstić information content (AvgIpc) is 2.46. The van der Waals surface area contributed by atoms with Crippen molar-refractivity contribution in [2.24, 2.45) is 0 Å². The normalized spacial score (nSPS) is 10.5. The van der Waals surface area contributed by atoms with E-state index in [0.717, 1.165) is 29.5 Å². The van der Waals surface area contributed by atoms with Gasteiger partial charge in [0.2, 0.25) is 0 Å². The fourth-order valence-corrected chi connectivity index (χ4v) is 3.05. The standard InChI is InChI=1S/C20H24N2/c1-13-7-5-8-14(2)17(13)11-12-20-18(15(3)21)9-6-10-19(20)16(4)22/h5-10,21-22H,11-12H2,1-4H3. The van der Waals surface area contributed by atoms with Gasteiger partial charge in [-0.2, -0.15) is 0 Å². The van der Waals surface area contributed by atoms with Crippen molar-refractivity contribution in [1.82, 2.24) is 0 Å². The Morgan fingerprint density at radius 3 is 1.59 bits per heavy atom. The summed E-state index contributed by atoms with van der Waals surface area (Å²) in [5, 5.41) is 16.0. The summed E-state index contributed by atoms with van der Waals surface area (Å²) in [6.45, 7) is 7.94. The van der Waals surface area contributed by atoms with E-state index in [9.17, 15) is 0 Å². The Balaban J connectivity index is 2.40. The van der Waals surface area contributed by atoms with E-state index in [4.69, 9.17) is 10.8 Å². The maximum Gasteiger partial charge on any atom is 0.0358 e. The molecule has 0 aliphatic rings. The van der Waals surface area contributed by atoms with Crippen molar-refractivity contribution in [2.45, 2.75) is 40.5 Å². The maximum atomic E-state index is 8.01. The molecular formula is C20H24N2. The molecule has 0 amide bonds. The zero-order valence-corrected chi connectivity index (χ0v) is 13.9. The van der Waals surface area contributed by atoms with Gasteiger partial charge in [-0.25, -0.2) is 0 Å². The van der Waals surface area contributed by atoms with Crippen LogP contribution in [0.1, 0.15) is 47.2 Å². The molecule has 0 aromatic heterocycles. The molecule has 114 valence electrons. The molecule has 22 heavy (non-hydrogen) atoms. The lowest BCUT2D eigenvalue weighted by atomic mass is 9.89. The Morgan fingerprint density at radius 1 is 0.727 bits per heavy atom. The van der Waals surface area contributed by atoms with Gasteiger partial charge < -0.3 is 10.8 Å². The molecule has 0 fully saturated rings. The summed E-state index contributed by atoms with van der Waals surface area (Å²) < 4.78 is 0. The monoisotopic (exact) mass is 292 g/mol. The van der Waals surface area contributed by atoms with E-state index >= 15 is 0 Å². The van der Waals surface area contributed by atoms with Gasteiger partial charge in [0.1, 0.15) is 0 Å². The first-order valence-corrected chi connectivity index (χ1v) is 7.70. The van der Waals surface area contributed by atoms with Crippen molar-refractivity contribution in [3.8, 4) is 0 Å². The van der Waals surface area contributed by atoms with E-state index in [1.807, 2.05) is 32.0 Å². The SMILES string of the molecule is CC(=N)c1cccc(C(C)=N)c1CCc1c(C)cccc1C. The molecule has 2 aromatic rings. The van der Waals surface area contributed by atoms with Crippen LogP contribution in [0.15, 0.2) is 36.4 Å². The molecule has 2 heteroatoms. The quantitative estimate of drug-likeness (QED) is 0.739. The van der Waals surface area contributed by atoms with Crippen LogP contribution in [0.2, 0.25) is 0 Å². The van der Waals surface area contributed by atoms with Crippen LogP contribution < -0.4 is 0 Å². The van der Waals surface area contributed by atoms with Crippen LogP contribution in [0.25, 0.3) is 0 Å². The molecule has 2 nitrogen and oxygen atoms in total. The molecule has 2 rings (SSSR count). The summed E-state index contributed by atoms with van der Waals surface area (Å²) in [6, 6.07) is 12.3. The van der Waals surface area contributed by atoms with Gasteiger partial charge in [0.15, 0.2) is 0 Å². The van der Waals surface area contributed by atoms with Crippen molar-refractivity contribution in [1.29, 1.82) is 10.8 Å². The highest BCUT2D eigenvalue weighted by Gasteiger charge is 2.12. The minimum atomic E-state index is 0.569. The minimum absolute atomic E-state index is 0.569. The van der Waals surface area contributed by atoms with Gasteiger partial charge in [0.25, 0.3) is 0 Å². The minimum Gasteiger partial charge on any atom is -0.305 e. The number of rotatable bonds is 5. The molecule has 0 saturated heterocycles. The van der Waals surface area contributed by atoms with E-state index in [1.54, 1.807) is 0 Å². The average molecular weight is 292 g/mol. The Bertz CT molecular complexity index is 674. The second-order valence-electron chi connectivity index (χ2n) is 5.95. The van der Waals surface area contributed by atoms with Crippen LogP contribution in [0.4, 0.5) is 0 Å². The zero-order chi connectivity index (χ0) is 16.3. The Morgan fingerprint density at radius 2 is 1.14 bits per heavy atom. The van der Waals surface area contributed by atoms with E-state index in [1.165, 1.54) is 16.7 Å². The molecule has 2 N–H and O–H groups in total.